The molecule has 0 atom stereocenters. The lowest BCUT2D eigenvalue weighted by molar-refractivity contribution is -0.191. The lowest BCUT2D eigenvalue weighted by atomic mass is 10.1. The summed E-state index contributed by atoms with van der Waals surface area (Å²) in [5.74, 6) is -0.696. The third-order valence-corrected chi connectivity index (χ3v) is 1.44. The molecule has 0 radical (unpaired) electrons. The first-order chi connectivity index (χ1) is 6.02. The minimum absolute atomic E-state index is 0.250. The molecule has 1 rings (SSSR count). The SMILES string of the molecule is Cc1cc(F)c(C)cc1F.O=C=O. The normalized spacial score (nSPS) is 8.31. The van der Waals surface area contributed by atoms with Crippen LogP contribution in [0.2, 0.25) is 0 Å². The lowest BCUT2D eigenvalue weighted by Crippen LogP contribution is -1.88. The minimum atomic E-state index is -0.348. The third kappa shape index (κ3) is 3.58. The van der Waals surface area contributed by atoms with E-state index < -0.39 is 0 Å². The van der Waals surface area contributed by atoms with Gasteiger partial charge in [-0.05, 0) is 37.1 Å². The van der Waals surface area contributed by atoms with Crippen molar-refractivity contribution in [2.75, 3.05) is 0 Å². The maximum absolute atomic E-state index is 12.6. The Bertz CT molecular complexity index is 278. The first-order valence-electron chi connectivity index (χ1n) is 3.44. The monoisotopic (exact) mass is 186 g/mol. The molecule has 0 aliphatic carbocycles. The van der Waals surface area contributed by atoms with Crippen LogP contribution in [-0.4, -0.2) is 6.15 Å². The Labute approximate surface area is 74.2 Å². The molecule has 0 bridgehead atoms. The molecule has 0 saturated heterocycles. The van der Waals surface area contributed by atoms with E-state index in [0.29, 0.717) is 11.1 Å². The van der Waals surface area contributed by atoms with Gasteiger partial charge in [0.05, 0.1) is 0 Å². The fourth-order valence-corrected chi connectivity index (χ4v) is 0.746. The van der Waals surface area contributed by atoms with Crippen LogP contribution in [0.5, 0.6) is 0 Å². The van der Waals surface area contributed by atoms with Gasteiger partial charge in [-0.3, -0.25) is 0 Å². The van der Waals surface area contributed by atoms with Crippen molar-refractivity contribution >= 4 is 6.15 Å². The van der Waals surface area contributed by atoms with Gasteiger partial charge in [-0.25, -0.2) is 8.78 Å². The summed E-state index contributed by atoms with van der Waals surface area (Å²) in [6.45, 7) is 3.08. The zero-order valence-electron chi connectivity index (χ0n) is 7.23. The summed E-state index contributed by atoms with van der Waals surface area (Å²) in [6, 6.07) is 2.40. The van der Waals surface area contributed by atoms with E-state index in [9.17, 15) is 8.78 Å². The number of benzene rings is 1. The van der Waals surface area contributed by atoms with Crippen LogP contribution in [0.15, 0.2) is 12.1 Å². The molecule has 0 heterocycles. The largest absolute Gasteiger partial charge is 0.373 e. The van der Waals surface area contributed by atoms with Gasteiger partial charge in [-0.1, -0.05) is 0 Å². The summed E-state index contributed by atoms with van der Waals surface area (Å²) in [5.41, 5.74) is 0.700. The predicted molar refractivity (Wildman–Crippen MR) is 40.8 cm³/mol. The van der Waals surface area contributed by atoms with Gasteiger partial charge in [0.25, 0.3) is 0 Å². The van der Waals surface area contributed by atoms with Gasteiger partial charge in [0.1, 0.15) is 11.6 Å². The molecule has 0 N–H and O–H groups in total. The van der Waals surface area contributed by atoms with E-state index in [1.807, 2.05) is 0 Å². The van der Waals surface area contributed by atoms with E-state index in [1.54, 1.807) is 0 Å². The van der Waals surface area contributed by atoms with Gasteiger partial charge in [-0.15, -0.1) is 0 Å². The molecule has 0 spiro atoms. The van der Waals surface area contributed by atoms with Crippen molar-refractivity contribution in [1.82, 2.24) is 0 Å². The van der Waals surface area contributed by atoms with Crippen LogP contribution in [0.3, 0.4) is 0 Å². The molecule has 1 aromatic carbocycles. The van der Waals surface area contributed by atoms with Gasteiger partial charge >= 0.3 is 6.15 Å². The zero-order valence-corrected chi connectivity index (χ0v) is 7.23. The summed E-state index contributed by atoms with van der Waals surface area (Å²) in [5, 5.41) is 0. The maximum atomic E-state index is 12.6. The van der Waals surface area contributed by atoms with Crippen molar-refractivity contribution in [3.05, 3.63) is 34.9 Å². The van der Waals surface area contributed by atoms with E-state index in [1.165, 1.54) is 26.0 Å². The molecule has 0 unspecified atom stereocenters. The number of carbonyl (C=O) groups excluding carboxylic acids is 2. The van der Waals surface area contributed by atoms with Crippen molar-refractivity contribution in [3.63, 3.8) is 0 Å². The summed E-state index contributed by atoms with van der Waals surface area (Å²) >= 11 is 0. The lowest BCUT2D eigenvalue weighted by Gasteiger charge is -1.98. The number of aryl methyl sites for hydroxylation is 2. The molecule has 2 nitrogen and oxygen atoms in total. The zero-order chi connectivity index (χ0) is 10.4. The third-order valence-electron chi connectivity index (χ3n) is 1.44. The maximum Gasteiger partial charge on any atom is 0.373 e. The Morgan fingerprint density at radius 3 is 1.46 bits per heavy atom. The highest BCUT2D eigenvalue weighted by Gasteiger charge is 2.01. The van der Waals surface area contributed by atoms with Crippen molar-refractivity contribution < 1.29 is 18.4 Å². The van der Waals surface area contributed by atoms with Gasteiger partial charge in [0.2, 0.25) is 0 Å². The molecule has 0 aliphatic heterocycles. The quantitative estimate of drug-likeness (QED) is 0.621. The van der Waals surface area contributed by atoms with E-state index in [4.69, 9.17) is 9.59 Å². The average Bonchev–Trinajstić information content (AvgIpc) is 2.03. The smallest absolute Gasteiger partial charge is 0.207 e. The van der Waals surface area contributed by atoms with Crippen LogP contribution in [-0.2, 0) is 9.59 Å². The van der Waals surface area contributed by atoms with Crippen LogP contribution in [0.25, 0.3) is 0 Å². The molecule has 0 aromatic heterocycles. The molecule has 70 valence electrons. The fraction of sp³-hybridized carbons (Fsp3) is 0.222. The molecule has 13 heavy (non-hydrogen) atoms. The standard InChI is InChI=1S/C8H8F2.CO2/c1-5-3-8(10)6(2)4-7(5)9;2-1-3/h3-4H,1-2H3;. The van der Waals surface area contributed by atoms with Crippen LogP contribution >= 0.6 is 0 Å². The number of halogens is 2. The van der Waals surface area contributed by atoms with Crippen LogP contribution < -0.4 is 0 Å². The Morgan fingerprint density at radius 2 is 1.23 bits per heavy atom. The Morgan fingerprint density at radius 1 is 1.00 bits per heavy atom. The van der Waals surface area contributed by atoms with E-state index >= 15 is 0 Å². The summed E-state index contributed by atoms with van der Waals surface area (Å²) < 4.78 is 25.2. The second-order valence-corrected chi connectivity index (χ2v) is 2.43. The van der Waals surface area contributed by atoms with Crippen molar-refractivity contribution in [2.45, 2.75) is 13.8 Å². The van der Waals surface area contributed by atoms with Crippen molar-refractivity contribution in [3.8, 4) is 0 Å². The first kappa shape index (κ1) is 11.5. The average molecular weight is 186 g/mol. The molecule has 1 aromatic rings. The van der Waals surface area contributed by atoms with Crippen LogP contribution in [0.4, 0.5) is 8.78 Å². The Balaban J connectivity index is 0.000000424. The second-order valence-electron chi connectivity index (χ2n) is 2.43. The van der Waals surface area contributed by atoms with Crippen molar-refractivity contribution in [1.29, 1.82) is 0 Å². The van der Waals surface area contributed by atoms with Crippen molar-refractivity contribution in [2.24, 2.45) is 0 Å². The number of hydrogen-bond acceptors (Lipinski definition) is 2. The molecule has 0 saturated carbocycles. The highest BCUT2D eigenvalue weighted by molar-refractivity contribution is 5.23. The molecule has 0 fully saturated rings. The van der Waals surface area contributed by atoms with E-state index in [2.05, 4.69) is 0 Å². The summed E-state index contributed by atoms with van der Waals surface area (Å²) in [7, 11) is 0. The van der Waals surface area contributed by atoms with Crippen LogP contribution in [0.1, 0.15) is 11.1 Å². The number of rotatable bonds is 0. The molecule has 0 amide bonds. The molecule has 0 aliphatic rings. The number of hydrogen-bond donors (Lipinski definition) is 0. The highest BCUT2D eigenvalue weighted by Crippen LogP contribution is 2.12. The molecular weight excluding hydrogens is 178 g/mol. The van der Waals surface area contributed by atoms with Gasteiger partial charge in [0, 0.05) is 0 Å². The summed E-state index contributed by atoms with van der Waals surface area (Å²) in [6.07, 6.45) is 0.250. The minimum Gasteiger partial charge on any atom is -0.207 e. The molecular formula is C9H8F2O2. The highest BCUT2D eigenvalue weighted by atomic mass is 19.1. The Kier molecular flexibility index (Phi) is 4.55. The fourth-order valence-electron chi connectivity index (χ4n) is 0.746. The summed E-state index contributed by atoms with van der Waals surface area (Å²) in [4.78, 5) is 16.2. The Hall–Kier alpha value is -1.54. The van der Waals surface area contributed by atoms with E-state index in [0.717, 1.165) is 0 Å². The molecule has 4 heteroatoms. The topological polar surface area (TPSA) is 34.1 Å². The van der Waals surface area contributed by atoms with Gasteiger partial charge in [0.15, 0.2) is 0 Å². The predicted octanol–water partition coefficient (Wildman–Crippen LogP) is 2.00. The second kappa shape index (κ2) is 5.17. The van der Waals surface area contributed by atoms with Gasteiger partial charge < -0.3 is 0 Å². The first-order valence-corrected chi connectivity index (χ1v) is 3.44. The van der Waals surface area contributed by atoms with Crippen LogP contribution in [0, 0.1) is 25.5 Å². The van der Waals surface area contributed by atoms with E-state index in [-0.39, 0.29) is 17.8 Å². The van der Waals surface area contributed by atoms with Gasteiger partial charge in [-0.2, -0.15) is 9.59 Å².